The molecule has 0 radical (unpaired) electrons. The van der Waals surface area contributed by atoms with Crippen LogP contribution in [-0.4, -0.2) is 37.6 Å². The average molecular weight is 606 g/mol. The Hall–Kier alpha value is -5.38. The molecule has 10 nitrogen and oxygen atoms in total. The number of anilines is 1. The lowest BCUT2D eigenvalue weighted by atomic mass is 9.77. The molecule has 0 spiro atoms. The molecule has 0 fully saturated rings. The molecule has 0 amide bonds. The first-order chi connectivity index (χ1) is 21.3. The van der Waals surface area contributed by atoms with Crippen LogP contribution in [0.3, 0.4) is 0 Å². The maximum absolute atomic E-state index is 13.7. The number of aliphatic hydroxyl groups excluding tert-OH is 1. The number of fused-ring (bicyclic) bond motifs is 2. The van der Waals surface area contributed by atoms with E-state index in [4.69, 9.17) is 0 Å². The number of hydrogen-bond acceptors (Lipinski definition) is 7. The summed E-state index contributed by atoms with van der Waals surface area (Å²) in [5.74, 6) is -0.454. The molecular formula is C35H33N4O6+. The monoisotopic (exact) mass is 605 g/mol. The maximum atomic E-state index is 13.7. The molecule has 0 aromatic heterocycles. The fourth-order valence-electron chi connectivity index (χ4n) is 6.76. The Bertz CT molecular complexity index is 1950. The number of ketones is 1. The molecule has 3 aromatic carbocycles. The van der Waals surface area contributed by atoms with Crippen molar-refractivity contribution in [1.82, 2.24) is 0 Å². The Labute approximate surface area is 260 Å². The summed E-state index contributed by atoms with van der Waals surface area (Å²) in [6.07, 6.45) is 3.39. The zero-order valence-corrected chi connectivity index (χ0v) is 25.7. The minimum absolute atomic E-state index is 0.0150. The smallest absolute Gasteiger partial charge is 0.276 e. The van der Waals surface area contributed by atoms with E-state index in [2.05, 4.69) is 0 Å². The van der Waals surface area contributed by atoms with Crippen LogP contribution in [0.2, 0.25) is 0 Å². The van der Waals surface area contributed by atoms with Gasteiger partial charge in [-0.3, -0.25) is 25.0 Å². The van der Waals surface area contributed by atoms with Crippen LogP contribution in [0.25, 0.3) is 0 Å². The van der Waals surface area contributed by atoms with E-state index < -0.39 is 20.7 Å². The van der Waals surface area contributed by atoms with E-state index in [9.17, 15) is 30.1 Å². The molecule has 0 bridgehead atoms. The largest absolute Gasteiger partial charge is 0.506 e. The molecule has 1 N–H and O–H groups in total. The number of aliphatic hydroxyl groups is 1. The number of carbonyl (C=O) groups excluding carboxylic acids is 1. The van der Waals surface area contributed by atoms with Gasteiger partial charge >= 0.3 is 0 Å². The van der Waals surface area contributed by atoms with Crippen molar-refractivity contribution in [3.63, 3.8) is 0 Å². The number of carbonyl (C=O) groups is 1. The number of nitro benzene ring substituents is 2. The first kappa shape index (κ1) is 29.7. The van der Waals surface area contributed by atoms with Crippen LogP contribution in [0.4, 0.5) is 22.7 Å². The highest BCUT2D eigenvalue weighted by atomic mass is 16.6. The van der Waals surface area contributed by atoms with Gasteiger partial charge in [0.25, 0.3) is 11.4 Å². The summed E-state index contributed by atoms with van der Waals surface area (Å²) in [6, 6.07) is 19.3. The second kappa shape index (κ2) is 10.4. The molecule has 3 aliphatic rings. The third-order valence-electron chi connectivity index (χ3n) is 9.24. The second-order valence-electron chi connectivity index (χ2n) is 12.5. The molecule has 6 rings (SSSR count). The van der Waals surface area contributed by atoms with Crippen LogP contribution < -0.4 is 4.90 Å². The van der Waals surface area contributed by atoms with Gasteiger partial charge in [-0.2, -0.15) is 4.58 Å². The van der Waals surface area contributed by atoms with Gasteiger partial charge in [-0.05, 0) is 50.1 Å². The lowest BCUT2D eigenvalue weighted by molar-refractivity contribution is -0.434. The third-order valence-corrected chi connectivity index (χ3v) is 9.24. The van der Waals surface area contributed by atoms with Crippen molar-refractivity contribution < 1.29 is 24.3 Å². The lowest BCUT2D eigenvalue weighted by Crippen LogP contribution is -2.32. The van der Waals surface area contributed by atoms with Crippen LogP contribution in [0.15, 0.2) is 101 Å². The highest BCUT2D eigenvalue weighted by Gasteiger charge is 2.47. The second-order valence-corrected chi connectivity index (χ2v) is 12.5. The number of non-ortho nitro benzene ring substituents is 2. The van der Waals surface area contributed by atoms with Gasteiger partial charge in [-0.1, -0.05) is 44.2 Å². The quantitative estimate of drug-likeness (QED) is 0.132. The molecule has 0 atom stereocenters. The van der Waals surface area contributed by atoms with Gasteiger partial charge in [0, 0.05) is 47.5 Å². The van der Waals surface area contributed by atoms with Gasteiger partial charge in [-0.25, -0.2) is 0 Å². The first-order valence-corrected chi connectivity index (χ1v) is 14.7. The molecular weight excluding hydrogens is 572 g/mol. The molecule has 0 saturated heterocycles. The SMILES string of the molecule is CC[N+]1=C(/C=C2/C(=O)C(/C=C3\N(Cc4ccccc4)c4cc([N+](=O)[O-])ccc4C3(C)C)=C2O)C(C)(C)c2ccc([N+](=O)[O-])cc21. The fourth-order valence-corrected chi connectivity index (χ4v) is 6.76. The zero-order chi connectivity index (χ0) is 32.4. The van der Waals surface area contributed by atoms with E-state index in [0.29, 0.717) is 24.5 Å². The van der Waals surface area contributed by atoms with E-state index in [0.717, 1.165) is 28.1 Å². The molecule has 10 heteroatoms. The van der Waals surface area contributed by atoms with Crippen molar-refractivity contribution in [1.29, 1.82) is 0 Å². The van der Waals surface area contributed by atoms with Crippen LogP contribution in [0.5, 0.6) is 0 Å². The van der Waals surface area contributed by atoms with E-state index >= 15 is 0 Å². The zero-order valence-electron chi connectivity index (χ0n) is 25.7. The molecule has 1 aliphatic carbocycles. The van der Waals surface area contributed by atoms with E-state index in [1.165, 1.54) is 12.1 Å². The number of nitro groups is 2. The highest BCUT2D eigenvalue weighted by molar-refractivity contribution is 6.24. The highest BCUT2D eigenvalue weighted by Crippen LogP contribution is 2.51. The summed E-state index contributed by atoms with van der Waals surface area (Å²) in [5, 5.41) is 34.5. The average Bonchev–Trinajstić information content (AvgIpc) is 3.36. The Balaban J connectivity index is 1.45. The van der Waals surface area contributed by atoms with Crippen molar-refractivity contribution in [2.75, 3.05) is 11.4 Å². The minimum atomic E-state index is -0.621. The molecule has 2 heterocycles. The van der Waals surface area contributed by atoms with Gasteiger partial charge in [0.1, 0.15) is 12.3 Å². The summed E-state index contributed by atoms with van der Waals surface area (Å²) in [5.41, 5.74) is 4.74. The number of hydrogen-bond donors (Lipinski definition) is 1. The van der Waals surface area contributed by atoms with E-state index in [1.54, 1.807) is 36.4 Å². The molecule has 0 saturated carbocycles. The Morgan fingerprint density at radius 1 is 0.867 bits per heavy atom. The van der Waals surface area contributed by atoms with Gasteiger partial charge in [0.2, 0.25) is 11.5 Å². The normalized spacial score (nSPS) is 19.7. The topological polar surface area (TPSA) is 130 Å². The Morgan fingerprint density at radius 2 is 1.49 bits per heavy atom. The van der Waals surface area contributed by atoms with Gasteiger partial charge < -0.3 is 10.0 Å². The van der Waals surface area contributed by atoms with Crippen molar-refractivity contribution in [2.45, 2.75) is 52.0 Å². The summed E-state index contributed by atoms with van der Waals surface area (Å²) < 4.78 is 1.94. The molecule has 0 unspecified atom stereocenters. The minimum Gasteiger partial charge on any atom is -0.506 e. The van der Waals surface area contributed by atoms with Crippen LogP contribution in [0.1, 0.15) is 51.3 Å². The summed E-state index contributed by atoms with van der Waals surface area (Å²) in [6.45, 7) is 10.8. The summed E-state index contributed by atoms with van der Waals surface area (Å²) in [4.78, 5) is 38.0. The standard InChI is InChI=1S/C35H32N4O6/c1-6-36-28-16-22(38(42)43)12-14-26(28)34(2,3)30(36)18-24-32(40)25(33(24)41)19-31-35(4,5)27-15-13-23(39(44)45)17-29(27)37(31)20-21-10-8-7-9-11-21/h7-19H,6,20H2,1-5H3/p+1. The number of rotatable bonds is 7. The van der Waals surface area contributed by atoms with Gasteiger partial charge in [-0.15, -0.1) is 0 Å². The summed E-state index contributed by atoms with van der Waals surface area (Å²) >= 11 is 0. The van der Waals surface area contributed by atoms with Gasteiger partial charge in [0.15, 0.2) is 5.71 Å². The van der Waals surface area contributed by atoms with Gasteiger partial charge in [0.05, 0.1) is 38.2 Å². The first-order valence-electron chi connectivity index (χ1n) is 14.7. The third kappa shape index (κ3) is 4.56. The number of benzene rings is 3. The van der Waals surface area contributed by atoms with Crippen LogP contribution >= 0.6 is 0 Å². The molecule has 45 heavy (non-hydrogen) atoms. The molecule has 3 aromatic rings. The predicted molar refractivity (Wildman–Crippen MR) is 171 cm³/mol. The van der Waals surface area contributed by atoms with E-state index in [-0.39, 0.29) is 34.1 Å². The van der Waals surface area contributed by atoms with Crippen LogP contribution in [-0.2, 0) is 22.2 Å². The predicted octanol–water partition coefficient (Wildman–Crippen LogP) is 7.10. The van der Waals surface area contributed by atoms with E-state index in [1.807, 2.05) is 74.4 Å². The Morgan fingerprint density at radius 3 is 2.09 bits per heavy atom. The fraction of sp³-hybridized carbons (Fsp3) is 0.257. The van der Waals surface area contributed by atoms with Crippen molar-refractivity contribution in [2.24, 2.45) is 0 Å². The number of nitrogens with zero attached hydrogens (tertiary/aromatic N) is 4. The molecule has 2 aliphatic heterocycles. The van der Waals surface area contributed by atoms with Crippen molar-refractivity contribution in [3.05, 3.63) is 138 Å². The van der Waals surface area contributed by atoms with Crippen molar-refractivity contribution in [3.8, 4) is 0 Å². The summed E-state index contributed by atoms with van der Waals surface area (Å²) in [7, 11) is 0. The van der Waals surface area contributed by atoms with Crippen molar-refractivity contribution >= 4 is 34.2 Å². The number of Topliss-reactive ketones (excluding diaryl/α,β-unsaturated/α-hetero) is 1. The van der Waals surface area contributed by atoms with Crippen LogP contribution in [0, 0.1) is 20.2 Å². The number of allylic oxidation sites excluding steroid dienone is 5. The molecule has 228 valence electrons. The maximum Gasteiger partial charge on any atom is 0.276 e. The lowest BCUT2D eigenvalue weighted by Gasteiger charge is -2.29. The Kier molecular flexibility index (Phi) is 6.84.